The van der Waals surface area contributed by atoms with E-state index in [0.29, 0.717) is 6.04 Å². The molecule has 0 aliphatic heterocycles. The van der Waals surface area contributed by atoms with Crippen molar-refractivity contribution in [2.45, 2.75) is 39.7 Å². The van der Waals surface area contributed by atoms with Crippen LogP contribution in [0.2, 0.25) is 0 Å². The van der Waals surface area contributed by atoms with Gasteiger partial charge in [0.05, 0.1) is 0 Å². The maximum absolute atomic E-state index is 4.15. The van der Waals surface area contributed by atoms with Crippen molar-refractivity contribution in [1.29, 1.82) is 0 Å². The van der Waals surface area contributed by atoms with E-state index >= 15 is 0 Å². The standard InChI is InChI=1S/C12H20N2/c1-4-7-14-10(3)12-6-8-13-9-11(12)5-2/h6,8-10,14H,4-5,7H2,1-3H3. The highest BCUT2D eigenvalue weighted by Crippen LogP contribution is 2.16. The van der Waals surface area contributed by atoms with Gasteiger partial charge in [-0.05, 0) is 43.5 Å². The first-order valence-electron chi connectivity index (χ1n) is 5.45. The minimum atomic E-state index is 0.438. The van der Waals surface area contributed by atoms with Crippen molar-refractivity contribution >= 4 is 0 Å². The van der Waals surface area contributed by atoms with Gasteiger partial charge in [0.2, 0.25) is 0 Å². The van der Waals surface area contributed by atoms with Crippen molar-refractivity contribution in [2.24, 2.45) is 0 Å². The van der Waals surface area contributed by atoms with Crippen LogP contribution in [0.3, 0.4) is 0 Å². The summed E-state index contributed by atoms with van der Waals surface area (Å²) in [4.78, 5) is 4.15. The predicted octanol–water partition coefficient (Wildman–Crippen LogP) is 2.70. The van der Waals surface area contributed by atoms with Gasteiger partial charge in [-0.3, -0.25) is 4.98 Å². The van der Waals surface area contributed by atoms with Crippen LogP contribution >= 0.6 is 0 Å². The van der Waals surface area contributed by atoms with Crippen LogP contribution in [-0.2, 0) is 6.42 Å². The predicted molar refractivity (Wildman–Crippen MR) is 60.3 cm³/mol. The quantitative estimate of drug-likeness (QED) is 0.776. The molecule has 78 valence electrons. The van der Waals surface area contributed by atoms with Gasteiger partial charge in [0.15, 0.2) is 0 Å². The molecule has 1 aromatic heterocycles. The molecule has 1 rings (SSSR count). The van der Waals surface area contributed by atoms with Gasteiger partial charge in [-0.2, -0.15) is 0 Å². The summed E-state index contributed by atoms with van der Waals surface area (Å²) in [6.45, 7) is 7.65. The molecule has 0 aliphatic rings. The van der Waals surface area contributed by atoms with Crippen molar-refractivity contribution in [2.75, 3.05) is 6.54 Å². The zero-order valence-electron chi connectivity index (χ0n) is 9.38. The Bertz CT molecular complexity index is 271. The normalized spacial score (nSPS) is 12.8. The SMILES string of the molecule is CCCNC(C)c1ccncc1CC. The molecule has 14 heavy (non-hydrogen) atoms. The first-order valence-corrected chi connectivity index (χ1v) is 5.45. The Morgan fingerprint density at radius 1 is 1.43 bits per heavy atom. The zero-order chi connectivity index (χ0) is 10.4. The van der Waals surface area contributed by atoms with Crippen LogP contribution in [0.1, 0.15) is 44.4 Å². The van der Waals surface area contributed by atoms with E-state index < -0.39 is 0 Å². The van der Waals surface area contributed by atoms with E-state index in [0.717, 1.165) is 13.0 Å². The lowest BCUT2D eigenvalue weighted by molar-refractivity contribution is 0.566. The lowest BCUT2D eigenvalue weighted by Crippen LogP contribution is -2.20. The van der Waals surface area contributed by atoms with Crippen LogP contribution in [0.4, 0.5) is 0 Å². The minimum Gasteiger partial charge on any atom is -0.310 e. The van der Waals surface area contributed by atoms with Crippen LogP contribution in [-0.4, -0.2) is 11.5 Å². The molecule has 1 aromatic rings. The van der Waals surface area contributed by atoms with Crippen molar-refractivity contribution in [1.82, 2.24) is 10.3 Å². The molecule has 1 unspecified atom stereocenters. The van der Waals surface area contributed by atoms with Gasteiger partial charge in [0, 0.05) is 18.4 Å². The number of rotatable bonds is 5. The maximum Gasteiger partial charge on any atom is 0.0303 e. The largest absolute Gasteiger partial charge is 0.310 e. The first kappa shape index (κ1) is 11.2. The lowest BCUT2D eigenvalue weighted by atomic mass is 10.0. The number of aromatic nitrogens is 1. The fraction of sp³-hybridized carbons (Fsp3) is 0.583. The Morgan fingerprint density at radius 3 is 2.86 bits per heavy atom. The van der Waals surface area contributed by atoms with Gasteiger partial charge in [0.25, 0.3) is 0 Å². The summed E-state index contributed by atoms with van der Waals surface area (Å²) in [5.74, 6) is 0. The summed E-state index contributed by atoms with van der Waals surface area (Å²) in [6, 6.07) is 2.56. The molecule has 0 bridgehead atoms. The van der Waals surface area contributed by atoms with E-state index in [4.69, 9.17) is 0 Å². The average Bonchev–Trinajstić information content (AvgIpc) is 2.25. The highest BCUT2D eigenvalue weighted by atomic mass is 14.9. The smallest absolute Gasteiger partial charge is 0.0303 e. The summed E-state index contributed by atoms with van der Waals surface area (Å²) in [5.41, 5.74) is 2.74. The number of aryl methyl sites for hydroxylation is 1. The number of nitrogens with one attached hydrogen (secondary N) is 1. The second kappa shape index (κ2) is 5.76. The van der Waals surface area contributed by atoms with Crippen molar-refractivity contribution in [3.8, 4) is 0 Å². The summed E-state index contributed by atoms with van der Waals surface area (Å²) in [6.07, 6.45) is 6.08. The molecule has 1 N–H and O–H groups in total. The van der Waals surface area contributed by atoms with E-state index in [1.807, 2.05) is 12.4 Å². The Kier molecular flexibility index (Phi) is 4.60. The molecule has 0 aromatic carbocycles. The van der Waals surface area contributed by atoms with Crippen molar-refractivity contribution in [3.63, 3.8) is 0 Å². The Morgan fingerprint density at radius 2 is 2.21 bits per heavy atom. The van der Waals surface area contributed by atoms with Gasteiger partial charge in [0.1, 0.15) is 0 Å². The Balaban J connectivity index is 2.72. The third-order valence-electron chi connectivity index (χ3n) is 2.49. The highest BCUT2D eigenvalue weighted by molar-refractivity contribution is 5.26. The van der Waals surface area contributed by atoms with Crippen molar-refractivity contribution < 1.29 is 0 Å². The Hall–Kier alpha value is -0.890. The molecule has 2 heteroatoms. The molecule has 0 spiro atoms. The van der Waals surface area contributed by atoms with E-state index in [1.54, 1.807) is 0 Å². The van der Waals surface area contributed by atoms with E-state index in [2.05, 4.69) is 37.1 Å². The fourth-order valence-corrected chi connectivity index (χ4v) is 1.63. The lowest BCUT2D eigenvalue weighted by Gasteiger charge is -2.16. The molecule has 0 saturated carbocycles. The van der Waals surface area contributed by atoms with Crippen LogP contribution in [0, 0.1) is 0 Å². The fourth-order valence-electron chi connectivity index (χ4n) is 1.63. The highest BCUT2D eigenvalue weighted by Gasteiger charge is 2.07. The molecule has 1 atom stereocenters. The van der Waals surface area contributed by atoms with Crippen LogP contribution in [0.15, 0.2) is 18.5 Å². The summed E-state index contributed by atoms with van der Waals surface area (Å²) >= 11 is 0. The molecular formula is C12H20N2. The summed E-state index contributed by atoms with van der Waals surface area (Å²) in [7, 11) is 0. The van der Waals surface area contributed by atoms with Gasteiger partial charge in [-0.25, -0.2) is 0 Å². The van der Waals surface area contributed by atoms with Gasteiger partial charge >= 0.3 is 0 Å². The van der Waals surface area contributed by atoms with Crippen LogP contribution in [0.25, 0.3) is 0 Å². The molecular weight excluding hydrogens is 172 g/mol. The molecule has 0 amide bonds. The molecule has 1 heterocycles. The maximum atomic E-state index is 4.15. The van der Waals surface area contributed by atoms with E-state index in [-0.39, 0.29) is 0 Å². The molecule has 2 nitrogen and oxygen atoms in total. The topological polar surface area (TPSA) is 24.9 Å². The minimum absolute atomic E-state index is 0.438. The zero-order valence-corrected chi connectivity index (χ0v) is 9.38. The number of hydrogen-bond acceptors (Lipinski definition) is 2. The van der Waals surface area contributed by atoms with Gasteiger partial charge in [-0.15, -0.1) is 0 Å². The van der Waals surface area contributed by atoms with Crippen molar-refractivity contribution in [3.05, 3.63) is 29.6 Å². The molecule has 0 fully saturated rings. The molecule has 0 radical (unpaired) electrons. The second-order valence-electron chi connectivity index (χ2n) is 3.60. The summed E-state index contributed by atoms with van der Waals surface area (Å²) in [5, 5.41) is 3.50. The van der Waals surface area contributed by atoms with E-state index in [1.165, 1.54) is 17.5 Å². The molecule has 0 aliphatic carbocycles. The summed E-state index contributed by atoms with van der Waals surface area (Å²) < 4.78 is 0. The van der Waals surface area contributed by atoms with Gasteiger partial charge < -0.3 is 5.32 Å². The third-order valence-corrected chi connectivity index (χ3v) is 2.49. The number of pyridine rings is 1. The number of nitrogens with zero attached hydrogens (tertiary/aromatic N) is 1. The van der Waals surface area contributed by atoms with E-state index in [9.17, 15) is 0 Å². The van der Waals surface area contributed by atoms with Crippen LogP contribution < -0.4 is 5.32 Å². The van der Waals surface area contributed by atoms with Gasteiger partial charge in [-0.1, -0.05) is 13.8 Å². The van der Waals surface area contributed by atoms with Crippen LogP contribution in [0.5, 0.6) is 0 Å². The Labute approximate surface area is 86.8 Å². The monoisotopic (exact) mass is 192 g/mol. The average molecular weight is 192 g/mol. The third kappa shape index (κ3) is 2.81. The first-order chi connectivity index (χ1) is 6.79. The second-order valence-corrected chi connectivity index (χ2v) is 3.60. The number of hydrogen-bond donors (Lipinski definition) is 1. The molecule has 0 saturated heterocycles.